The summed E-state index contributed by atoms with van der Waals surface area (Å²) in [5.74, 6) is -0.531. The molecule has 3 nitrogen and oxygen atoms in total. The maximum atomic E-state index is 11.6. The lowest BCUT2D eigenvalue weighted by Crippen LogP contribution is -2.08. The van der Waals surface area contributed by atoms with Crippen LogP contribution in [0.15, 0.2) is 54.6 Å². The van der Waals surface area contributed by atoms with Gasteiger partial charge in [0, 0.05) is 0 Å². The van der Waals surface area contributed by atoms with Gasteiger partial charge in [-0.25, -0.2) is 4.79 Å². The molecule has 0 aliphatic heterocycles. The molecule has 79 valence electrons. The van der Waals surface area contributed by atoms with Gasteiger partial charge in [0.15, 0.2) is 5.75 Å². The van der Waals surface area contributed by atoms with Gasteiger partial charge in [0.2, 0.25) is 0 Å². The molecule has 0 bridgehead atoms. The van der Waals surface area contributed by atoms with Gasteiger partial charge in [-0.05, 0) is 24.3 Å². The van der Waals surface area contributed by atoms with Crippen molar-refractivity contribution in [2.75, 3.05) is 0 Å². The Labute approximate surface area is 92.9 Å². The lowest BCUT2D eigenvalue weighted by Gasteiger charge is -2.03. The Morgan fingerprint density at radius 2 is 1.50 bits per heavy atom. The third kappa shape index (κ3) is 2.20. The Morgan fingerprint density at radius 1 is 0.875 bits per heavy atom. The van der Waals surface area contributed by atoms with E-state index in [0.717, 1.165) is 0 Å². The normalized spacial score (nSPS) is 9.75. The highest BCUT2D eigenvalue weighted by Crippen LogP contribution is 2.19. The van der Waals surface area contributed by atoms with Gasteiger partial charge in [0.1, 0.15) is 11.3 Å². The Bertz CT molecular complexity index is 492. The Kier molecular flexibility index (Phi) is 2.87. The van der Waals surface area contributed by atoms with Crippen molar-refractivity contribution in [1.29, 1.82) is 0 Å². The zero-order valence-electron chi connectivity index (χ0n) is 8.42. The first kappa shape index (κ1) is 10.2. The predicted octanol–water partition coefficient (Wildman–Crippen LogP) is 3.05. The number of esters is 1. The summed E-state index contributed by atoms with van der Waals surface area (Å²) in [5, 5.41) is 11.4. The van der Waals surface area contributed by atoms with E-state index in [9.17, 15) is 9.90 Å². The number of ether oxygens (including phenoxy) is 1. The summed E-state index contributed by atoms with van der Waals surface area (Å²) >= 11 is 0. The van der Waals surface area contributed by atoms with Gasteiger partial charge in [-0.1, -0.05) is 30.3 Å². The fourth-order valence-corrected chi connectivity index (χ4v) is 1.29. The van der Waals surface area contributed by atoms with E-state index in [1.165, 1.54) is 12.1 Å². The number of benzene rings is 2. The zero-order valence-corrected chi connectivity index (χ0v) is 8.42. The SMILES string of the molecule is [O]c1ccccc1C(=O)Oc1ccccc1. The topological polar surface area (TPSA) is 46.2 Å². The number of carbonyl (C=O) groups is 1. The molecule has 0 heterocycles. The molecule has 0 aromatic heterocycles. The summed E-state index contributed by atoms with van der Waals surface area (Å²) in [6.45, 7) is 0. The highest BCUT2D eigenvalue weighted by Gasteiger charge is 2.13. The maximum Gasteiger partial charge on any atom is 0.347 e. The number of carbonyl (C=O) groups excluding carboxylic acids is 1. The average Bonchev–Trinajstić information content (AvgIpc) is 2.31. The molecule has 0 spiro atoms. The van der Waals surface area contributed by atoms with E-state index in [1.54, 1.807) is 36.4 Å². The smallest absolute Gasteiger partial charge is 0.347 e. The minimum atomic E-state index is -0.628. The van der Waals surface area contributed by atoms with Gasteiger partial charge in [-0.3, -0.25) is 5.11 Å². The fraction of sp³-hybridized carbons (Fsp3) is 0. The molecule has 0 unspecified atom stereocenters. The largest absolute Gasteiger partial charge is 0.423 e. The van der Waals surface area contributed by atoms with Gasteiger partial charge >= 0.3 is 5.97 Å². The highest BCUT2D eigenvalue weighted by molar-refractivity contribution is 5.93. The van der Waals surface area contributed by atoms with E-state index in [0.29, 0.717) is 5.75 Å². The van der Waals surface area contributed by atoms with Crippen LogP contribution in [0.25, 0.3) is 0 Å². The molecule has 2 rings (SSSR count). The highest BCUT2D eigenvalue weighted by atomic mass is 16.5. The lowest BCUT2D eigenvalue weighted by atomic mass is 10.2. The summed E-state index contributed by atoms with van der Waals surface area (Å²) in [6.07, 6.45) is 0. The van der Waals surface area contributed by atoms with Crippen LogP contribution >= 0.6 is 0 Å². The predicted molar refractivity (Wildman–Crippen MR) is 58.0 cm³/mol. The van der Waals surface area contributed by atoms with Crippen LogP contribution in [0.1, 0.15) is 10.4 Å². The minimum Gasteiger partial charge on any atom is -0.423 e. The van der Waals surface area contributed by atoms with Crippen molar-refractivity contribution in [3.63, 3.8) is 0 Å². The van der Waals surface area contributed by atoms with Gasteiger partial charge in [0.25, 0.3) is 0 Å². The van der Waals surface area contributed by atoms with Gasteiger partial charge in [-0.15, -0.1) is 0 Å². The number of hydrogen-bond acceptors (Lipinski definition) is 2. The lowest BCUT2D eigenvalue weighted by molar-refractivity contribution is 0.0730. The van der Waals surface area contributed by atoms with Crippen molar-refractivity contribution in [3.8, 4) is 11.5 Å². The fourth-order valence-electron chi connectivity index (χ4n) is 1.29. The molecule has 0 saturated carbocycles. The summed E-state index contributed by atoms with van der Waals surface area (Å²) in [4.78, 5) is 11.6. The summed E-state index contributed by atoms with van der Waals surface area (Å²) < 4.78 is 5.04. The van der Waals surface area contributed by atoms with Gasteiger partial charge in [0.05, 0.1) is 0 Å². The molecule has 0 amide bonds. The van der Waals surface area contributed by atoms with Gasteiger partial charge < -0.3 is 4.74 Å². The number of hydrogen-bond donors (Lipinski definition) is 0. The second kappa shape index (κ2) is 4.49. The van der Waals surface area contributed by atoms with Crippen LogP contribution in [0.4, 0.5) is 0 Å². The minimum absolute atomic E-state index is 0.0475. The molecule has 0 aliphatic rings. The standard InChI is InChI=1S/C13H9O3/c14-12-9-5-4-8-11(12)13(15)16-10-6-2-1-3-7-10/h1-9H. The summed E-state index contributed by atoms with van der Waals surface area (Å²) in [5.41, 5.74) is 0.0475. The van der Waals surface area contributed by atoms with Crippen molar-refractivity contribution in [1.82, 2.24) is 0 Å². The first-order chi connectivity index (χ1) is 7.77. The van der Waals surface area contributed by atoms with Gasteiger partial charge in [-0.2, -0.15) is 0 Å². The first-order valence-electron chi connectivity index (χ1n) is 4.80. The van der Waals surface area contributed by atoms with Crippen molar-refractivity contribution >= 4 is 5.97 Å². The molecule has 0 fully saturated rings. The van der Waals surface area contributed by atoms with E-state index in [1.807, 2.05) is 6.07 Å². The molecule has 2 aromatic rings. The van der Waals surface area contributed by atoms with Crippen LogP contribution in [0.5, 0.6) is 11.5 Å². The molecule has 3 heteroatoms. The van der Waals surface area contributed by atoms with E-state index >= 15 is 0 Å². The molecule has 0 atom stereocenters. The number of para-hydroxylation sites is 2. The third-order valence-corrected chi connectivity index (χ3v) is 2.06. The van der Waals surface area contributed by atoms with Crippen LogP contribution in [0.3, 0.4) is 0 Å². The first-order valence-corrected chi connectivity index (χ1v) is 4.80. The number of rotatable bonds is 2. The second-order valence-corrected chi connectivity index (χ2v) is 3.20. The molecule has 2 aromatic carbocycles. The van der Waals surface area contributed by atoms with E-state index in [4.69, 9.17) is 4.74 Å². The quantitative estimate of drug-likeness (QED) is 0.568. The monoisotopic (exact) mass is 213 g/mol. The van der Waals surface area contributed by atoms with Crippen molar-refractivity contribution < 1.29 is 14.6 Å². The van der Waals surface area contributed by atoms with E-state index in [2.05, 4.69) is 0 Å². The Balaban J connectivity index is 2.19. The summed E-state index contributed by atoms with van der Waals surface area (Å²) in [7, 11) is 0. The van der Waals surface area contributed by atoms with E-state index in [-0.39, 0.29) is 11.3 Å². The van der Waals surface area contributed by atoms with Crippen molar-refractivity contribution in [2.45, 2.75) is 0 Å². The van der Waals surface area contributed by atoms with E-state index < -0.39 is 5.97 Å². The van der Waals surface area contributed by atoms with Crippen LogP contribution in [-0.2, 0) is 5.11 Å². The molecule has 16 heavy (non-hydrogen) atoms. The molecule has 0 aliphatic carbocycles. The van der Waals surface area contributed by atoms with Crippen LogP contribution < -0.4 is 4.74 Å². The summed E-state index contributed by atoms with van der Waals surface area (Å²) in [6, 6.07) is 14.6. The van der Waals surface area contributed by atoms with Crippen molar-refractivity contribution in [3.05, 3.63) is 60.2 Å². The molecule has 0 saturated heterocycles. The molecule has 1 radical (unpaired) electrons. The Morgan fingerprint density at radius 3 is 2.19 bits per heavy atom. The molecule has 0 N–H and O–H groups in total. The molecular weight excluding hydrogens is 204 g/mol. The Hall–Kier alpha value is -2.29. The third-order valence-electron chi connectivity index (χ3n) is 2.06. The van der Waals surface area contributed by atoms with Crippen LogP contribution in [0.2, 0.25) is 0 Å². The van der Waals surface area contributed by atoms with Crippen LogP contribution in [-0.4, -0.2) is 5.97 Å². The van der Waals surface area contributed by atoms with Crippen molar-refractivity contribution in [2.24, 2.45) is 0 Å². The average molecular weight is 213 g/mol. The maximum absolute atomic E-state index is 11.6. The molecular formula is C13H9O3. The zero-order chi connectivity index (χ0) is 11.4. The second-order valence-electron chi connectivity index (χ2n) is 3.20. The van der Waals surface area contributed by atoms with Crippen LogP contribution in [0, 0.1) is 0 Å².